The number of hydrogen-bond donors (Lipinski definition) is 1. The van der Waals surface area contributed by atoms with Crippen molar-refractivity contribution in [3.05, 3.63) is 72.2 Å². The molecule has 6 nitrogen and oxygen atoms in total. The van der Waals surface area contributed by atoms with Gasteiger partial charge in [-0.25, -0.2) is 4.98 Å². The Hall–Kier alpha value is -3.59. The summed E-state index contributed by atoms with van der Waals surface area (Å²) in [6.45, 7) is 1.19. The molecule has 0 atom stereocenters. The molecule has 1 N–H and O–H groups in total. The first-order chi connectivity index (χ1) is 14.9. The van der Waals surface area contributed by atoms with Gasteiger partial charge < -0.3 is 19.0 Å². The summed E-state index contributed by atoms with van der Waals surface area (Å²) in [6.07, 6.45) is -2.99. The number of aromatic nitrogens is 2. The normalized spacial score (nSPS) is 11.7. The fourth-order valence-electron chi connectivity index (χ4n) is 3.22. The lowest BCUT2D eigenvalue weighted by Crippen LogP contribution is -2.18. The van der Waals surface area contributed by atoms with Crippen LogP contribution in [0.2, 0.25) is 0 Å². The van der Waals surface area contributed by atoms with Crippen LogP contribution in [0.1, 0.15) is 16.2 Å². The van der Waals surface area contributed by atoms with Crippen LogP contribution in [0.3, 0.4) is 0 Å². The summed E-state index contributed by atoms with van der Waals surface area (Å²) in [5, 5.41) is 3.31. The number of oxazole rings is 1. The number of carbonyl (C=O) groups is 1. The molecule has 4 aromatic rings. The van der Waals surface area contributed by atoms with E-state index in [1.807, 2.05) is 16.8 Å². The predicted molar refractivity (Wildman–Crippen MR) is 109 cm³/mol. The van der Waals surface area contributed by atoms with E-state index in [1.165, 1.54) is 0 Å². The van der Waals surface area contributed by atoms with E-state index in [1.54, 1.807) is 55.6 Å². The Kier molecular flexibility index (Phi) is 5.51. The molecule has 0 saturated carbocycles. The molecule has 0 spiro atoms. The lowest BCUT2D eigenvalue weighted by molar-refractivity contribution is -0.153. The Bertz CT molecular complexity index is 1210. The predicted octanol–water partition coefficient (Wildman–Crippen LogP) is 5.21. The Balaban J connectivity index is 1.63. The summed E-state index contributed by atoms with van der Waals surface area (Å²) >= 11 is 0. The van der Waals surface area contributed by atoms with Gasteiger partial charge in [-0.1, -0.05) is 18.2 Å². The largest absolute Gasteiger partial charge is 0.452 e. The number of carbonyl (C=O) groups excluding carboxylic acids is 1. The number of nitrogens with zero attached hydrogens (tertiary/aromatic N) is 2. The Morgan fingerprint density at radius 3 is 2.65 bits per heavy atom. The van der Waals surface area contributed by atoms with Gasteiger partial charge in [-0.3, -0.25) is 4.79 Å². The van der Waals surface area contributed by atoms with Crippen LogP contribution in [0, 0.1) is 0 Å². The van der Waals surface area contributed by atoms with E-state index >= 15 is 0 Å². The summed E-state index contributed by atoms with van der Waals surface area (Å²) in [7, 11) is 1.61. The van der Waals surface area contributed by atoms with E-state index < -0.39 is 23.5 Å². The average Bonchev–Trinajstić information content (AvgIpc) is 3.37. The van der Waals surface area contributed by atoms with Crippen LogP contribution in [-0.4, -0.2) is 29.2 Å². The Morgan fingerprint density at radius 1 is 1.16 bits per heavy atom. The number of ether oxygens (including phenoxy) is 1. The van der Waals surface area contributed by atoms with Gasteiger partial charge in [0.2, 0.25) is 11.7 Å². The van der Waals surface area contributed by atoms with Gasteiger partial charge in [0.1, 0.15) is 0 Å². The van der Waals surface area contributed by atoms with E-state index in [2.05, 4.69) is 10.3 Å². The number of fused-ring (bicyclic) bond motifs is 1. The second kappa shape index (κ2) is 8.27. The van der Waals surface area contributed by atoms with Crippen molar-refractivity contribution in [2.75, 3.05) is 19.0 Å². The maximum absolute atomic E-state index is 13.5. The molecule has 0 unspecified atom stereocenters. The summed E-state index contributed by atoms with van der Waals surface area (Å²) in [6, 6.07) is 15.0. The third kappa shape index (κ3) is 4.31. The highest BCUT2D eigenvalue weighted by atomic mass is 19.4. The Labute approximate surface area is 175 Å². The number of halogens is 3. The first-order valence-corrected chi connectivity index (χ1v) is 9.39. The summed E-state index contributed by atoms with van der Waals surface area (Å²) < 4.78 is 52.4. The zero-order valence-electron chi connectivity index (χ0n) is 16.4. The summed E-state index contributed by atoms with van der Waals surface area (Å²) in [4.78, 5) is 16.5. The fraction of sp³-hybridized carbons (Fsp3) is 0.182. The van der Waals surface area contributed by atoms with Gasteiger partial charge in [0.05, 0.1) is 6.61 Å². The zero-order valence-corrected chi connectivity index (χ0v) is 16.4. The molecule has 0 bridgehead atoms. The van der Waals surface area contributed by atoms with Gasteiger partial charge in [-0.05, 0) is 36.4 Å². The van der Waals surface area contributed by atoms with Crippen molar-refractivity contribution < 1.29 is 27.1 Å². The number of hydrogen-bond acceptors (Lipinski definition) is 4. The topological polar surface area (TPSA) is 69.3 Å². The van der Waals surface area contributed by atoms with Crippen LogP contribution in [0.15, 0.2) is 65.2 Å². The van der Waals surface area contributed by atoms with Crippen LogP contribution in [0.25, 0.3) is 22.4 Å². The zero-order chi connectivity index (χ0) is 22.0. The molecular weight excluding hydrogens is 411 g/mol. The van der Waals surface area contributed by atoms with E-state index in [4.69, 9.17) is 9.15 Å². The first-order valence-electron chi connectivity index (χ1n) is 9.39. The minimum Gasteiger partial charge on any atom is -0.431 e. The molecule has 0 aliphatic heterocycles. The molecule has 9 heteroatoms. The van der Waals surface area contributed by atoms with Gasteiger partial charge in [0.25, 0.3) is 5.91 Å². The molecule has 2 aromatic carbocycles. The van der Waals surface area contributed by atoms with Crippen LogP contribution in [-0.2, 0) is 17.5 Å². The molecule has 0 radical (unpaired) electrons. The van der Waals surface area contributed by atoms with Crippen molar-refractivity contribution in [3.63, 3.8) is 0 Å². The maximum Gasteiger partial charge on any atom is 0.452 e. The van der Waals surface area contributed by atoms with Crippen LogP contribution in [0.4, 0.5) is 18.9 Å². The molecule has 2 aromatic heterocycles. The third-order valence-electron chi connectivity index (χ3n) is 4.69. The second-order valence-electron chi connectivity index (χ2n) is 6.79. The summed E-state index contributed by atoms with van der Waals surface area (Å²) in [5.41, 5.74) is 0.785. The van der Waals surface area contributed by atoms with E-state index in [-0.39, 0.29) is 5.89 Å². The number of rotatable bonds is 6. The number of anilines is 1. The monoisotopic (exact) mass is 429 g/mol. The van der Waals surface area contributed by atoms with Crippen molar-refractivity contribution in [2.45, 2.75) is 12.7 Å². The molecule has 1 amide bonds. The quantitative estimate of drug-likeness (QED) is 0.457. The highest BCUT2D eigenvalue weighted by Gasteiger charge is 2.42. The molecule has 0 saturated heterocycles. The van der Waals surface area contributed by atoms with E-state index in [0.717, 1.165) is 10.9 Å². The average molecular weight is 429 g/mol. The first kappa shape index (κ1) is 20.7. The van der Waals surface area contributed by atoms with Crippen LogP contribution in [0.5, 0.6) is 0 Å². The molecule has 2 heterocycles. The highest BCUT2D eigenvalue weighted by Crippen LogP contribution is 2.35. The van der Waals surface area contributed by atoms with Gasteiger partial charge in [0.15, 0.2) is 5.69 Å². The van der Waals surface area contributed by atoms with Crippen LogP contribution >= 0.6 is 0 Å². The van der Waals surface area contributed by atoms with Crippen molar-refractivity contribution in [3.8, 4) is 11.5 Å². The van der Waals surface area contributed by atoms with Gasteiger partial charge in [-0.15, -0.1) is 0 Å². The lowest BCUT2D eigenvalue weighted by Gasteiger charge is -2.08. The van der Waals surface area contributed by atoms with Gasteiger partial charge >= 0.3 is 6.18 Å². The molecular formula is C22H18F3N3O3. The molecule has 160 valence electrons. The fourth-order valence-corrected chi connectivity index (χ4v) is 3.22. The van der Waals surface area contributed by atoms with Crippen molar-refractivity contribution in [1.82, 2.24) is 9.55 Å². The number of methoxy groups -OCH3 is 1. The SMILES string of the molecule is COCCn1ccc2cc(NC(=O)c3nc(-c4ccccc4)oc3C(F)(F)F)ccc21. The number of benzene rings is 2. The smallest absolute Gasteiger partial charge is 0.431 e. The van der Waals surface area contributed by atoms with Gasteiger partial charge in [0, 0.05) is 42.0 Å². The summed E-state index contributed by atoms with van der Waals surface area (Å²) in [5.74, 6) is -2.71. The molecule has 31 heavy (non-hydrogen) atoms. The highest BCUT2D eigenvalue weighted by molar-refractivity contribution is 6.04. The Morgan fingerprint density at radius 2 is 1.94 bits per heavy atom. The van der Waals surface area contributed by atoms with Gasteiger partial charge in [-0.2, -0.15) is 13.2 Å². The lowest BCUT2D eigenvalue weighted by atomic mass is 10.2. The molecule has 0 fully saturated rings. The van der Waals surface area contributed by atoms with E-state index in [0.29, 0.717) is 24.4 Å². The van der Waals surface area contributed by atoms with Crippen molar-refractivity contribution >= 4 is 22.5 Å². The van der Waals surface area contributed by atoms with Crippen LogP contribution < -0.4 is 5.32 Å². The second-order valence-corrected chi connectivity index (χ2v) is 6.79. The number of alkyl halides is 3. The van der Waals surface area contributed by atoms with Crippen molar-refractivity contribution in [2.24, 2.45) is 0 Å². The number of amides is 1. The minimum absolute atomic E-state index is 0.274. The molecule has 0 aliphatic carbocycles. The third-order valence-corrected chi connectivity index (χ3v) is 4.69. The van der Waals surface area contributed by atoms with E-state index in [9.17, 15) is 18.0 Å². The molecule has 4 rings (SSSR count). The standard InChI is InChI=1S/C22H18F3N3O3/c1-30-12-11-28-10-9-15-13-16(7-8-17(15)28)26-20(29)18-19(22(23,24)25)31-21(27-18)14-5-3-2-4-6-14/h2-10,13H,11-12H2,1H3,(H,26,29). The minimum atomic E-state index is -4.87. The maximum atomic E-state index is 13.5. The molecule has 0 aliphatic rings. The van der Waals surface area contributed by atoms with Crippen molar-refractivity contribution in [1.29, 1.82) is 0 Å². The number of nitrogens with one attached hydrogen (secondary N) is 1.